The molecule has 9 heteroatoms. The molecule has 1 aromatic rings. The minimum Gasteiger partial charge on any atom is -0.482 e. The van der Waals surface area contributed by atoms with Gasteiger partial charge in [0.05, 0.1) is 18.8 Å². The fourth-order valence-corrected chi connectivity index (χ4v) is 4.49. The van der Waals surface area contributed by atoms with Gasteiger partial charge in [-0.2, -0.15) is 0 Å². The molecule has 0 spiro atoms. The van der Waals surface area contributed by atoms with E-state index < -0.39 is 21.9 Å². The van der Waals surface area contributed by atoms with Crippen molar-refractivity contribution in [2.24, 2.45) is 5.92 Å². The molecule has 0 aromatic heterocycles. The number of benzene rings is 1. The van der Waals surface area contributed by atoms with Crippen molar-refractivity contribution in [1.82, 2.24) is 4.31 Å². The fourth-order valence-electron chi connectivity index (χ4n) is 2.91. The first kappa shape index (κ1) is 21.2. The minimum atomic E-state index is -3.31. The Balaban J connectivity index is 1.97. The number of piperidine rings is 1. The van der Waals surface area contributed by atoms with Gasteiger partial charge in [-0.05, 0) is 31.4 Å². The Hall–Kier alpha value is -2.13. The number of sulfonamides is 1. The number of methoxy groups -OCH3 is 1. The summed E-state index contributed by atoms with van der Waals surface area (Å²) in [4.78, 5) is 23.7. The first-order valence-corrected chi connectivity index (χ1v) is 10.5. The van der Waals surface area contributed by atoms with Crippen molar-refractivity contribution in [2.75, 3.05) is 37.9 Å². The van der Waals surface area contributed by atoms with Crippen LogP contribution < -0.4 is 10.1 Å². The van der Waals surface area contributed by atoms with Gasteiger partial charge in [-0.3, -0.25) is 4.79 Å². The van der Waals surface area contributed by atoms with E-state index in [1.165, 1.54) is 11.4 Å². The molecule has 0 saturated carbocycles. The van der Waals surface area contributed by atoms with E-state index in [-0.39, 0.29) is 24.8 Å². The molecule has 1 saturated heterocycles. The standard InChI is InChI=1S/C18H26N2O6S/c1-3-10-27(23,24)20-9-5-6-14(12-20)18(22)19-15-7-4-8-16(11-15)26-13-17(21)25-2/h4,7-8,11,14H,3,5-6,9-10,12-13H2,1-2H3,(H,19,22)/t14-/m0/s1. The van der Waals surface area contributed by atoms with E-state index in [9.17, 15) is 18.0 Å². The van der Waals surface area contributed by atoms with Crippen LogP contribution in [-0.2, 0) is 24.3 Å². The van der Waals surface area contributed by atoms with E-state index in [1.54, 1.807) is 24.3 Å². The van der Waals surface area contributed by atoms with E-state index in [2.05, 4.69) is 10.1 Å². The van der Waals surface area contributed by atoms with Crippen LogP contribution in [0.4, 0.5) is 5.69 Å². The number of esters is 1. The third-order valence-corrected chi connectivity index (χ3v) is 6.34. The number of anilines is 1. The van der Waals surface area contributed by atoms with Crippen LogP contribution in [0.1, 0.15) is 26.2 Å². The Labute approximate surface area is 159 Å². The molecule has 8 nitrogen and oxygen atoms in total. The number of nitrogens with zero attached hydrogens (tertiary/aromatic N) is 1. The SMILES string of the molecule is CCCS(=O)(=O)N1CCC[C@H](C(=O)Nc2cccc(OCC(=O)OC)c2)C1. The number of amides is 1. The van der Waals surface area contributed by atoms with Crippen molar-refractivity contribution >= 4 is 27.6 Å². The number of ether oxygens (including phenoxy) is 2. The maximum atomic E-state index is 12.6. The second-order valence-corrected chi connectivity index (χ2v) is 8.48. The van der Waals surface area contributed by atoms with Gasteiger partial charge in [0.1, 0.15) is 5.75 Å². The van der Waals surface area contributed by atoms with Crippen molar-refractivity contribution in [3.8, 4) is 5.75 Å². The molecule has 1 heterocycles. The van der Waals surface area contributed by atoms with E-state index >= 15 is 0 Å². The zero-order valence-electron chi connectivity index (χ0n) is 15.6. The number of carbonyl (C=O) groups excluding carboxylic acids is 2. The Bertz CT molecular complexity index is 765. The average Bonchev–Trinajstić information content (AvgIpc) is 2.66. The van der Waals surface area contributed by atoms with Crippen LogP contribution in [0.3, 0.4) is 0 Å². The maximum Gasteiger partial charge on any atom is 0.343 e. The summed E-state index contributed by atoms with van der Waals surface area (Å²) in [5.41, 5.74) is 0.524. The van der Waals surface area contributed by atoms with Crippen molar-refractivity contribution in [1.29, 1.82) is 0 Å². The predicted molar refractivity (Wildman–Crippen MR) is 101 cm³/mol. The van der Waals surface area contributed by atoms with Gasteiger partial charge in [-0.25, -0.2) is 17.5 Å². The molecule has 1 aromatic carbocycles. The largest absolute Gasteiger partial charge is 0.482 e. The highest BCUT2D eigenvalue weighted by molar-refractivity contribution is 7.89. The second-order valence-electron chi connectivity index (χ2n) is 6.40. The molecule has 150 valence electrons. The molecule has 0 unspecified atom stereocenters. The molecule has 0 radical (unpaired) electrons. The highest BCUT2D eigenvalue weighted by Gasteiger charge is 2.31. The highest BCUT2D eigenvalue weighted by atomic mass is 32.2. The summed E-state index contributed by atoms with van der Waals surface area (Å²) in [6.07, 6.45) is 1.85. The molecule has 1 amide bonds. The van der Waals surface area contributed by atoms with Crippen LogP contribution in [0.15, 0.2) is 24.3 Å². The van der Waals surface area contributed by atoms with Crippen molar-refractivity contribution in [3.63, 3.8) is 0 Å². The Kier molecular flexibility index (Phi) is 7.61. The number of hydrogen-bond donors (Lipinski definition) is 1. The van der Waals surface area contributed by atoms with Gasteiger partial charge in [-0.15, -0.1) is 0 Å². The molecule has 2 rings (SSSR count). The van der Waals surface area contributed by atoms with Crippen molar-refractivity contribution in [2.45, 2.75) is 26.2 Å². The summed E-state index contributed by atoms with van der Waals surface area (Å²) in [5, 5.41) is 2.80. The van der Waals surface area contributed by atoms with E-state index in [1.807, 2.05) is 6.92 Å². The zero-order valence-corrected chi connectivity index (χ0v) is 16.5. The smallest absolute Gasteiger partial charge is 0.343 e. The van der Waals surface area contributed by atoms with Crippen molar-refractivity contribution < 1.29 is 27.5 Å². The number of rotatable bonds is 8. The molecule has 1 atom stereocenters. The molecule has 1 aliphatic rings. The number of hydrogen-bond acceptors (Lipinski definition) is 6. The minimum absolute atomic E-state index is 0.0981. The van der Waals surface area contributed by atoms with Crippen molar-refractivity contribution in [3.05, 3.63) is 24.3 Å². The van der Waals surface area contributed by atoms with Crippen LogP contribution in [0.2, 0.25) is 0 Å². The molecule has 0 aliphatic carbocycles. The Morgan fingerprint density at radius 1 is 1.33 bits per heavy atom. The van der Waals surface area contributed by atoms with Gasteiger partial charge in [0.15, 0.2) is 6.61 Å². The zero-order chi connectivity index (χ0) is 19.9. The van der Waals surface area contributed by atoms with Gasteiger partial charge in [-0.1, -0.05) is 13.0 Å². The van der Waals surface area contributed by atoms with Crippen LogP contribution in [0.25, 0.3) is 0 Å². The van der Waals surface area contributed by atoms with E-state index in [4.69, 9.17) is 4.74 Å². The molecule has 27 heavy (non-hydrogen) atoms. The molecule has 1 fully saturated rings. The topological polar surface area (TPSA) is 102 Å². The van der Waals surface area contributed by atoms with E-state index in [0.29, 0.717) is 37.2 Å². The lowest BCUT2D eigenvalue weighted by Gasteiger charge is -2.31. The van der Waals surface area contributed by atoms with Gasteiger partial charge in [0.25, 0.3) is 0 Å². The van der Waals surface area contributed by atoms with Gasteiger partial charge < -0.3 is 14.8 Å². The monoisotopic (exact) mass is 398 g/mol. The first-order chi connectivity index (χ1) is 12.9. The highest BCUT2D eigenvalue weighted by Crippen LogP contribution is 2.23. The van der Waals surface area contributed by atoms with E-state index in [0.717, 1.165) is 0 Å². The lowest BCUT2D eigenvalue weighted by Crippen LogP contribution is -2.44. The summed E-state index contributed by atoms with van der Waals surface area (Å²) in [6, 6.07) is 6.67. The van der Waals surface area contributed by atoms with Crippen LogP contribution in [0.5, 0.6) is 5.75 Å². The van der Waals surface area contributed by atoms with Gasteiger partial charge in [0, 0.05) is 24.8 Å². The number of nitrogens with one attached hydrogen (secondary N) is 1. The lowest BCUT2D eigenvalue weighted by atomic mass is 9.98. The first-order valence-electron chi connectivity index (χ1n) is 8.94. The number of carbonyl (C=O) groups is 2. The average molecular weight is 398 g/mol. The maximum absolute atomic E-state index is 12.6. The molecule has 1 aliphatic heterocycles. The van der Waals surface area contributed by atoms with Gasteiger partial charge >= 0.3 is 5.97 Å². The molecule has 1 N–H and O–H groups in total. The summed E-state index contributed by atoms with van der Waals surface area (Å²) in [6.45, 7) is 2.26. The quantitative estimate of drug-likeness (QED) is 0.668. The molecular weight excluding hydrogens is 372 g/mol. The lowest BCUT2D eigenvalue weighted by molar-refractivity contribution is -0.142. The summed E-state index contributed by atoms with van der Waals surface area (Å²) >= 11 is 0. The Morgan fingerprint density at radius 3 is 2.81 bits per heavy atom. The third-order valence-electron chi connectivity index (χ3n) is 4.30. The predicted octanol–water partition coefficient (Wildman–Crippen LogP) is 1.63. The van der Waals surface area contributed by atoms with Crippen LogP contribution >= 0.6 is 0 Å². The van der Waals surface area contributed by atoms with Gasteiger partial charge in [0.2, 0.25) is 15.9 Å². The molecule has 0 bridgehead atoms. The normalized spacial score (nSPS) is 17.9. The Morgan fingerprint density at radius 2 is 2.11 bits per heavy atom. The fraction of sp³-hybridized carbons (Fsp3) is 0.556. The second kappa shape index (κ2) is 9.70. The van der Waals surface area contributed by atoms with Crippen LogP contribution in [0, 0.1) is 5.92 Å². The summed E-state index contributed by atoms with van der Waals surface area (Å²) in [5.74, 6) is -0.600. The summed E-state index contributed by atoms with van der Waals surface area (Å²) in [7, 11) is -2.03. The third kappa shape index (κ3) is 6.21. The summed E-state index contributed by atoms with van der Waals surface area (Å²) < 4.78 is 35.7. The molecular formula is C18H26N2O6S. The van der Waals surface area contributed by atoms with Crippen LogP contribution in [-0.4, -0.2) is 57.2 Å².